The number of rotatable bonds is 16. The van der Waals surface area contributed by atoms with Crippen LogP contribution < -0.4 is 0 Å². The highest BCUT2D eigenvalue weighted by molar-refractivity contribution is 5.98. The summed E-state index contributed by atoms with van der Waals surface area (Å²) in [6.45, 7) is 15.3. The Morgan fingerprint density at radius 3 is 2.41 bits per heavy atom. The minimum absolute atomic E-state index is 0.0661. The van der Waals surface area contributed by atoms with E-state index in [1.165, 1.54) is 5.56 Å². The van der Waals surface area contributed by atoms with Gasteiger partial charge in [-0.15, -0.1) is 6.58 Å². The predicted octanol–water partition coefficient (Wildman–Crippen LogP) is 8.06. The standard InChI is InChI=1S/C32H46N2O3/c1-8-12-16-23(5)30-29(24(15-11-4)17-13-9-2)27-20-19-25(32(36)37)21-28(27)34(30)22-26(18-14-10-3)31(35)33(6)7/h10,12,16,19-21,24,26H,3,5,8-9,11,13-15,17-18,22H2,1-2,4,6-7H3,(H,36,37)/b16-12-. The number of nitrogens with zero attached hydrogens (tertiary/aromatic N) is 2. The molecule has 1 amide bonds. The van der Waals surface area contributed by atoms with Gasteiger partial charge in [-0.1, -0.05) is 70.9 Å². The molecule has 0 aliphatic rings. The van der Waals surface area contributed by atoms with E-state index in [1.807, 2.05) is 12.1 Å². The number of hydrogen-bond donors (Lipinski definition) is 1. The predicted molar refractivity (Wildman–Crippen MR) is 156 cm³/mol. The molecule has 5 heteroatoms. The van der Waals surface area contributed by atoms with Crippen LogP contribution in [-0.2, 0) is 11.3 Å². The molecule has 0 bridgehead atoms. The van der Waals surface area contributed by atoms with Crippen LogP contribution in [0, 0.1) is 5.92 Å². The zero-order valence-electron chi connectivity index (χ0n) is 23.6. The molecular weight excluding hydrogens is 460 g/mol. The van der Waals surface area contributed by atoms with Crippen LogP contribution in [0.4, 0.5) is 0 Å². The number of amides is 1. The maximum atomic E-state index is 13.2. The summed E-state index contributed by atoms with van der Waals surface area (Å²) in [5.74, 6) is -0.809. The minimum Gasteiger partial charge on any atom is -0.478 e. The van der Waals surface area contributed by atoms with E-state index in [2.05, 4.69) is 50.6 Å². The fourth-order valence-electron chi connectivity index (χ4n) is 5.23. The van der Waals surface area contributed by atoms with E-state index in [0.29, 0.717) is 18.9 Å². The lowest BCUT2D eigenvalue weighted by Gasteiger charge is -2.24. The molecule has 0 saturated heterocycles. The number of aromatic carboxylic acids is 1. The molecule has 1 aromatic carbocycles. The molecular formula is C32H46N2O3. The quantitative estimate of drug-likeness (QED) is 0.185. The lowest BCUT2D eigenvalue weighted by atomic mass is 9.86. The third-order valence-corrected chi connectivity index (χ3v) is 7.07. The molecule has 1 aromatic heterocycles. The molecule has 1 heterocycles. The van der Waals surface area contributed by atoms with Crippen molar-refractivity contribution in [3.8, 4) is 0 Å². The van der Waals surface area contributed by atoms with Crippen molar-refractivity contribution in [2.75, 3.05) is 14.1 Å². The third-order valence-electron chi connectivity index (χ3n) is 7.07. The molecule has 2 rings (SSSR count). The second-order valence-corrected chi connectivity index (χ2v) is 10.2. The Hall–Kier alpha value is -3.08. The molecule has 0 spiro atoms. The number of carbonyl (C=O) groups excluding carboxylic acids is 1. The summed E-state index contributed by atoms with van der Waals surface area (Å²) in [7, 11) is 3.58. The Bertz CT molecular complexity index is 1120. The highest BCUT2D eigenvalue weighted by Gasteiger charge is 2.28. The fraction of sp³-hybridized carbons (Fsp3) is 0.500. The molecule has 2 atom stereocenters. The van der Waals surface area contributed by atoms with Crippen LogP contribution in [-0.4, -0.2) is 40.5 Å². The van der Waals surface area contributed by atoms with Gasteiger partial charge in [0.25, 0.3) is 0 Å². The van der Waals surface area contributed by atoms with Gasteiger partial charge in [-0.05, 0) is 61.3 Å². The van der Waals surface area contributed by atoms with Gasteiger partial charge >= 0.3 is 5.97 Å². The number of fused-ring (bicyclic) bond motifs is 1. The lowest BCUT2D eigenvalue weighted by Crippen LogP contribution is -2.32. The van der Waals surface area contributed by atoms with E-state index in [4.69, 9.17) is 0 Å². The van der Waals surface area contributed by atoms with Gasteiger partial charge in [-0.3, -0.25) is 4.79 Å². The van der Waals surface area contributed by atoms with Gasteiger partial charge in [0, 0.05) is 31.5 Å². The van der Waals surface area contributed by atoms with E-state index in [9.17, 15) is 14.7 Å². The second-order valence-electron chi connectivity index (χ2n) is 10.2. The van der Waals surface area contributed by atoms with Crippen LogP contribution >= 0.6 is 0 Å². The number of carboxylic acid groups (broad SMARTS) is 1. The average molecular weight is 507 g/mol. The van der Waals surface area contributed by atoms with Gasteiger partial charge in [0.05, 0.1) is 17.2 Å². The summed E-state index contributed by atoms with van der Waals surface area (Å²) in [5.41, 5.74) is 4.30. The fourth-order valence-corrected chi connectivity index (χ4v) is 5.23. The van der Waals surface area contributed by atoms with Crippen molar-refractivity contribution in [3.05, 3.63) is 66.4 Å². The Labute approximate surface area is 223 Å². The van der Waals surface area contributed by atoms with E-state index in [-0.39, 0.29) is 17.4 Å². The highest BCUT2D eigenvalue weighted by atomic mass is 16.4. The van der Waals surface area contributed by atoms with Gasteiger partial charge in [0.2, 0.25) is 5.91 Å². The number of unbranched alkanes of at least 4 members (excludes halogenated alkanes) is 1. The smallest absolute Gasteiger partial charge is 0.335 e. The van der Waals surface area contributed by atoms with Gasteiger partial charge in [0.15, 0.2) is 0 Å². The first kappa shape index (κ1) is 30.1. The Kier molecular flexibility index (Phi) is 11.9. The zero-order chi connectivity index (χ0) is 27.5. The van der Waals surface area contributed by atoms with Crippen LogP contribution in [0.1, 0.15) is 99.7 Å². The lowest BCUT2D eigenvalue weighted by molar-refractivity contribution is -0.133. The Balaban J connectivity index is 2.92. The normalized spacial score (nSPS) is 13.1. The van der Waals surface area contributed by atoms with Crippen molar-refractivity contribution in [2.45, 2.75) is 84.6 Å². The molecule has 0 radical (unpaired) electrons. The van der Waals surface area contributed by atoms with Crippen molar-refractivity contribution < 1.29 is 14.7 Å². The summed E-state index contributed by atoms with van der Waals surface area (Å²) in [4.78, 5) is 26.9. The molecule has 37 heavy (non-hydrogen) atoms. The van der Waals surface area contributed by atoms with Crippen LogP contribution in [0.25, 0.3) is 16.5 Å². The van der Waals surface area contributed by atoms with Gasteiger partial charge in [0.1, 0.15) is 0 Å². The molecule has 5 nitrogen and oxygen atoms in total. The summed E-state index contributed by atoms with van der Waals surface area (Å²) in [5, 5.41) is 10.9. The topological polar surface area (TPSA) is 62.5 Å². The molecule has 2 unspecified atom stereocenters. The third kappa shape index (κ3) is 7.47. The van der Waals surface area contributed by atoms with Crippen LogP contribution in [0.3, 0.4) is 0 Å². The number of aromatic nitrogens is 1. The molecule has 0 fully saturated rings. The largest absolute Gasteiger partial charge is 0.478 e. The summed E-state index contributed by atoms with van der Waals surface area (Å²) in [6.07, 6.45) is 13.8. The van der Waals surface area contributed by atoms with Gasteiger partial charge in [-0.2, -0.15) is 0 Å². The molecule has 2 aromatic rings. The van der Waals surface area contributed by atoms with Crippen molar-refractivity contribution in [2.24, 2.45) is 5.92 Å². The van der Waals surface area contributed by atoms with E-state index < -0.39 is 5.97 Å². The monoisotopic (exact) mass is 506 g/mol. The van der Waals surface area contributed by atoms with Crippen LogP contribution in [0.2, 0.25) is 0 Å². The summed E-state index contributed by atoms with van der Waals surface area (Å²) < 4.78 is 2.18. The first-order valence-electron chi connectivity index (χ1n) is 13.8. The van der Waals surface area contributed by atoms with Crippen molar-refractivity contribution in [1.29, 1.82) is 0 Å². The van der Waals surface area contributed by atoms with Crippen molar-refractivity contribution in [3.63, 3.8) is 0 Å². The number of allylic oxidation sites excluding steroid dienone is 4. The number of carboxylic acids is 1. The molecule has 202 valence electrons. The first-order chi connectivity index (χ1) is 17.7. The first-order valence-corrected chi connectivity index (χ1v) is 13.8. The Morgan fingerprint density at radius 1 is 1.11 bits per heavy atom. The van der Waals surface area contributed by atoms with Gasteiger partial charge in [-0.25, -0.2) is 4.79 Å². The maximum Gasteiger partial charge on any atom is 0.335 e. The average Bonchev–Trinajstić information content (AvgIpc) is 3.20. The number of carbonyl (C=O) groups is 2. The van der Waals surface area contributed by atoms with Crippen molar-refractivity contribution in [1.82, 2.24) is 9.47 Å². The van der Waals surface area contributed by atoms with E-state index in [0.717, 1.165) is 67.1 Å². The maximum absolute atomic E-state index is 13.2. The SMILES string of the molecule is C=CCCC(Cn1c(C(=C)/C=C\CC)c(C(CCC)CCCC)c2ccc(C(=O)O)cc21)C(=O)N(C)C. The molecule has 0 aliphatic heterocycles. The molecule has 0 aliphatic carbocycles. The summed E-state index contributed by atoms with van der Waals surface area (Å²) >= 11 is 0. The Morgan fingerprint density at radius 2 is 1.84 bits per heavy atom. The zero-order valence-corrected chi connectivity index (χ0v) is 23.6. The number of benzene rings is 1. The molecule has 0 saturated carbocycles. The van der Waals surface area contributed by atoms with E-state index in [1.54, 1.807) is 31.1 Å². The van der Waals surface area contributed by atoms with Gasteiger partial charge < -0.3 is 14.6 Å². The van der Waals surface area contributed by atoms with Crippen LogP contribution in [0.15, 0.2) is 49.6 Å². The van der Waals surface area contributed by atoms with E-state index >= 15 is 0 Å². The minimum atomic E-state index is -0.953. The highest BCUT2D eigenvalue weighted by Crippen LogP contribution is 2.41. The number of hydrogen-bond acceptors (Lipinski definition) is 2. The van der Waals surface area contributed by atoms with Crippen molar-refractivity contribution >= 4 is 28.4 Å². The summed E-state index contributed by atoms with van der Waals surface area (Å²) in [6, 6.07) is 5.44. The second kappa shape index (κ2) is 14.6. The van der Waals surface area contributed by atoms with Crippen LogP contribution in [0.5, 0.6) is 0 Å². The molecule has 1 N–H and O–H groups in total.